The van der Waals surface area contributed by atoms with E-state index >= 15 is 0 Å². The third-order valence-corrected chi connectivity index (χ3v) is 9.19. The summed E-state index contributed by atoms with van der Waals surface area (Å²) in [6.07, 6.45) is -3.36. The van der Waals surface area contributed by atoms with Gasteiger partial charge in [-0.15, -0.1) is 0 Å². The summed E-state index contributed by atoms with van der Waals surface area (Å²) in [4.78, 5) is 98.1. The fourth-order valence-electron chi connectivity index (χ4n) is 6.37. The van der Waals surface area contributed by atoms with Crippen molar-refractivity contribution in [2.24, 2.45) is 5.92 Å². The lowest BCUT2D eigenvalue weighted by atomic mass is 9.97. The monoisotopic (exact) mass is 790 g/mol. The molecule has 2 aliphatic rings. The van der Waals surface area contributed by atoms with Crippen LogP contribution in [0.3, 0.4) is 0 Å². The van der Waals surface area contributed by atoms with Crippen molar-refractivity contribution in [1.29, 1.82) is 0 Å². The second kappa shape index (κ2) is 19.3. The lowest BCUT2D eigenvalue weighted by Crippen LogP contribution is -2.49. The van der Waals surface area contributed by atoms with Gasteiger partial charge in [-0.3, -0.25) is 33.3 Å². The predicted octanol–water partition coefficient (Wildman–Crippen LogP) is 3.97. The third-order valence-electron chi connectivity index (χ3n) is 9.19. The molecule has 4 unspecified atom stereocenters. The number of carbonyl (C=O) groups excluding carboxylic acids is 5. The van der Waals surface area contributed by atoms with Crippen LogP contribution in [0.15, 0.2) is 46.0 Å². The summed E-state index contributed by atoms with van der Waals surface area (Å²) >= 11 is 0. The molecule has 0 spiro atoms. The van der Waals surface area contributed by atoms with Gasteiger partial charge in [0.15, 0.2) is 29.8 Å². The van der Waals surface area contributed by atoms with Gasteiger partial charge < -0.3 is 28.3 Å². The van der Waals surface area contributed by atoms with Crippen molar-refractivity contribution in [3.63, 3.8) is 0 Å². The van der Waals surface area contributed by atoms with Crippen LogP contribution in [-0.2, 0) is 67.2 Å². The Morgan fingerprint density at radius 2 is 1.35 bits per heavy atom. The van der Waals surface area contributed by atoms with Gasteiger partial charge >= 0.3 is 35.5 Å². The van der Waals surface area contributed by atoms with Crippen molar-refractivity contribution in [2.45, 2.75) is 112 Å². The van der Waals surface area contributed by atoms with Crippen LogP contribution >= 0.6 is 0 Å². The molecule has 57 heavy (non-hydrogen) atoms. The second-order valence-corrected chi connectivity index (χ2v) is 14.4. The van der Waals surface area contributed by atoms with Crippen molar-refractivity contribution in [1.82, 2.24) is 19.1 Å². The van der Waals surface area contributed by atoms with E-state index in [9.17, 15) is 33.6 Å². The number of aromatic nitrogens is 4. The van der Waals surface area contributed by atoms with Gasteiger partial charge in [0.1, 0.15) is 6.61 Å². The van der Waals surface area contributed by atoms with E-state index in [4.69, 9.17) is 23.7 Å². The number of nitrogens with zero attached hydrogens (tertiary/aromatic N) is 4. The minimum absolute atomic E-state index is 0.0689. The summed E-state index contributed by atoms with van der Waals surface area (Å²) in [5, 5.41) is 0. The molecule has 0 fully saturated rings. The Kier molecular flexibility index (Phi) is 14.8. The summed E-state index contributed by atoms with van der Waals surface area (Å²) in [6, 6.07) is 11.3. The molecule has 0 radical (unpaired) electrons. The SMILES string of the molecule is CC(=O)OCC(OC(C)=O)C(OC(C)=O)C(Cn1c2nc(=O)n(CCCOC(=O)C(C)c3ccc(CC(C)C)cc3)c(=O)c-2nc2cc(C)c(C)cc21)OC(C)=O. The molecule has 0 N–H and O–H groups in total. The van der Waals surface area contributed by atoms with Crippen molar-refractivity contribution >= 4 is 40.9 Å². The second-order valence-electron chi connectivity index (χ2n) is 14.4. The Bertz CT molecular complexity index is 2210. The van der Waals surface area contributed by atoms with E-state index in [2.05, 4.69) is 23.8 Å². The van der Waals surface area contributed by atoms with Gasteiger partial charge in [0, 0.05) is 34.2 Å². The van der Waals surface area contributed by atoms with Crippen molar-refractivity contribution in [2.75, 3.05) is 13.2 Å². The van der Waals surface area contributed by atoms with Crippen LogP contribution in [0.4, 0.5) is 0 Å². The van der Waals surface area contributed by atoms with Crippen LogP contribution in [0.5, 0.6) is 0 Å². The number of ether oxygens (including phenoxy) is 5. The molecule has 4 rings (SSSR count). The summed E-state index contributed by atoms with van der Waals surface area (Å²) in [5.41, 5.74) is 2.46. The summed E-state index contributed by atoms with van der Waals surface area (Å²) in [6.45, 7) is 13.0. The first-order valence-corrected chi connectivity index (χ1v) is 18.7. The number of hydrogen-bond donors (Lipinski definition) is 0. The first-order valence-electron chi connectivity index (χ1n) is 18.7. The molecule has 2 aromatic rings. The number of hydrogen-bond acceptors (Lipinski definition) is 14. The van der Waals surface area contributed by atoms with Crippen LogP contribution in [0.25, 0.3) is 22.6 Å². The van der Waals surface area contributed by atoms with Crippen LogP contribution < -0.4 is 11.2 Å². The highest BCUT2D eigenvalue weighted by Gasteiger charge is 2.39. The van der Waals surface area contributed by atoms with E-state index in [-0.39, 0.29) is 31.1 Å². The molecule has 0 aromatic heterocycles. The maximum absolute atomic E-state index is 14.0. The van der Waals surface area contributed by atoms with E-state index in [0.29, 0.717) is 17.0 Å². The Hall–Kier alpha value is -5.93. The molecule has 0 amide bonds. The number of carbonyl (C=O) groups is 5. The number of aryl methyl sites for hydroxylation is 2. The van der Waals surface area contributed by atoms with E-state index in [1.165, 1.54) is 10.1 Å². The van der Waals surface area contributed by atoms with E-state index < -0.39 is 78.5 Å². The Morgan fingerprint density at radius 1 is 0.737 bits per heavy atom. The number of fused-ring (bicyclic) bond motifs is 2. The molecule has 0 saturated heterocycles. The minimum Gasteiger partial charge on any atom is -0.465 e. The van der Waals surface area contributed by atoms with E-state index in [0.717, 1.165) is 55.4 Å². The topological polar surface area (TPSA) is 201 Å². The number of rotatable bonds is 17. The van der Waals surface area contributed by atoms with Gasteiger partial charge in [-0.1, -0.05) is 38.1 Å². The summed E-state index contributed by atoms with van der Waals surface area (Å²) < 4.78 is 29.5. The molecular formula is C41H50N4O12. The molecule has 2 aliphatic heterocycles. The largest absolute Gasteiger partial charge is 0.465 e. The van der Waals surface area contributed by atoms with E-state index in [1.807, 2.05) is 38.1 Å². The molecule has 16 heteroatoms. The van der Waals surface area contributed by atoms with Gasteiger partial charge in [-0.25, -0.2) is 9.78 Å². The standard InChI is InChI=1S/C41H50N4O12/c1-22(2)17-30-11-13-31(14-12-30)25(5)40(51)53-16-10-15-44-39(50)36-38(43-41(44)52)45(33-19-24(4)23(3)18-32(33)42-36)20-34(55-27(7)47)37(57-29(9)49)35(56-28(8)48)21-54-26(6)46/h11-14,18-19,22,25,34-35,37H,10,15-17,20-21H2,1-9H3. The third kappa shape index (κ3) is 11.6. The first kappa shape index (κ1) is 43.8. The smallest absolute Gasteiger partial charge is 0.352 e. The molecule has 0 bridgehead atoms. The highest BCUT2D eigenvalue weighted by molar-refractivity contribution is 5.81. The van der Waals surface area contributed by atoms with Gasteiger partial charge in [0.05, 0.1) is 30.1 Å². The summed E-state index contributed by atoms with van der Waals surface area (Å²) in [7, 11) is 0. The molecule has 4 atom stereocenters. The van der Waals surface area contributed by atoms with E-state index in [1.54, 1.807) is 19.1 Å². The predicted molar refractivity (Wildman–Crippen MR) is 206 cm³/mol. The lowest BCUT2D eigenvalue weighted by Gasteiger charge is -2.32. The Morgan fingerprint density at radius 3 is 1.95 bits per heavy atom. The zero-order valence-corrected chi connectivity index (χ0v) is 33.8. The molecule has 0 saturated carbocycles. The fourth-order valence-corrected chi connectivity index (χ4v) is 6.37. The summed E-state index contributed by atoms with van der Waals surface area (Å²) in [5.74, 6) is -3.81. The highest BCUT2D eigenvalue weighted by atomic mass is 16.6. The van der Waals surface area contributed by atoms with Gasteiger partial charge in [0.2, 0.25) is 0 Å². The van der Waals surface area contributed by atoms with Crippen molar-refractivity contribution in [3.05, 3.63) is 79.5 Å². The maximum Gasteiger partial charge on any atom is 0.352 e. The Labute approximate surface area is 329 Å². The van der Waals surface area contributed by atoms with Gasteiger partial charge in [0.25, 0.3) is 5.56 Å². The number of benzene rings is 2. The lowest BCUT2D eigenvalue weighted by molar-refractivity contribution is -0.190. The highest BCUT2D eigenvalue weighted by Crippen LogP contribution is 2.27. The molecule has 16 nitrogen and oxygen atoms in total. The molecular weight excluding hydrogens is 740 g/mol. The van der Waals surface area contributed by atoms with Crippen LogP contribution in [0, 0.1) is 19.8 Å². The average molecular weight is 791 g/mol. The normalized spacial score (nSPS) is 13.4. The van der Waals surface area contributed by atoms with Crippen molar-refractivity contribution in [3.8, 4) is 11.5 Å². The molecule has 2 aromatic carbocycles. The maximum atomic E-state index is 14.0. The molecule has 2 heterocycles. The van der Waals surface area contributed by atoms with Crippen LogP contribution in [0.2, 0.25) is 0 Å². The zero-order valence-electron chi connectivity index (χ0n) is 33.8. The first-order chi connectivity index (χ1) is 26.9. The molecule has 0 aliphatic carbocycles. The average Bonchev–Trinajstić information content (AvgIpc) is 3.12. The zero-order chi connectivity index (χ0) is 42.1. The number of esters is 5. The van der Waals surface area contributed by atoms with Gasteiger partial charge in [-0.05, 0) is 73.9 Å². The fraction of sp³-hybridized carbons (Fsp3) is 0.488. The van der Waals surface area contributed by atoms with Crippen LogP contribution in [0.1, 0.15) is 83.1 Å². The van der Waals surface area contributed by atoms with Crippen LogP contribution in [-0.4, -0.2) is 80.5 Å². The van der Waals surface area contributed by atoms with Gasteiger partial charge in [-0.2, -0.15) is 4.98 Å². The minimum atomic E-state index is -1.53. The Balaban J connectivity index is 1.70. The molecule has 306 valence electrons. The quantitative estimate of drug-likeness (QED) is 0.0644. The van der Waals surface area contributed by atoms with Crippen molar-refractivity contribution < 1.29 is 47.7 Å².